The molecule has 1 aromatic heterocycles. The van der Waals surface area contributed by atoms with Crippen LogP contribution in [0.3, 0.4) is 0 Å². The van der Waals surface area contributed by atoms with Gasteiger partial charge in [-0.3, -0.25) is 4.79 Å². The Balaban J connectivity index is 1.82. The summed E-state index contributed by atoms with van der Waals surface area (Å²) in [6.45, 7) is 5.11. The number of halogens is 7. The van der Waals surface area contributed by atoms with Crippen molar-refractivity contribution >= 4 is 17.4 Å². The summed E-state index contributed by atoms with van der Waals surface area (Å²) >= 11 is 0. The van der Waals surface area contributed by atoms with Crippen molar-refractivity contribution in [3.05, 3.63) is 76.7 Å². The van der Waals surface area contributed by atoms with Crippen LogP contribution in [0.25, 0.3) is 11.1 Å². The van der Waals surface area contributed by atoms with Gasteiger partial charge in [-0.15, -0.1) is 0 Å². The number of β-amino-alcohol motifs (C(OH)–C–C–N with tert-alkyl or cyclic N) is 1. The number of carbonyl (C=O) groups is 1. The van der Waals surface area contributed by atoms with Crippen LogP contribution in [0.4, 0.5) is 42.2 Å². The zero-order valence-corrected chi connectivity index (χ0v) is 23.4. The van der Waals surface area contributed by atoms with Gasteiger partial charge in [0.2, 0.25) is 5.91 Å². The summed E-state index contributed by atoms with van der Waals surface area (Å²) in [5, 5.41) is 10.2. The topological polar surface area (TPSA) is 56.7 Å². The van der Waals surface area contributed by atoms with Gasteiger partial charge in [0.1, 0.15) is 11.6 Å². The molecule has 1 fully saturated rings. The van der Waals surface area contributed by atoms with Crippen molar-refractivity contribution in [2.75, 3.05) is 29.9 Å². The van der Waals surface area contributed by atoms with Gasteiger partial charge in [0.15, 0.2) is 0 Å². The summed E-state index contributed by atoms with van der Waals surface area (Å²) in [6, 6.07) is 6.86. The van der Waals surface area contributed by atoms with Gasteiger partial charge in [0.05, 0.1) is 34.5 Å². The number of nitrogens with zero attached hydrogens (tertiary/aromatic N) is 3. The van der Waals surface area contributed by atoms with Crippen molar-refractivity contribution in [1.29, 1.82) is 0 Å². The molecule has 1 aliphatic heterocycles. The van der Waals surface area contributed by atoms with Crippen molar-refractivity contribution in [2.24, 2.45) is 0 Å². The number of rotatable bonds is 5. The molecule has 1 unspecified atom stereocenters. The second-order valence-electron chi connectivity index (χ2n) is 11.0. The Morgan fingerprint density at radius 3 is 2.10 bits per heavy atom. The molecule has 1 saturated heterocycles. The average molecular weight is 598 g/mol. The van der Waals surface area contributed by atoms with Crippen LogP contribution in [0.2, 0.25) is 0 Å². The highest BCUT2D eigenvalue weighted by Crippen LogP contribution is 2.41. The van der Waals surface area contributed by atoms with Crippen molar-refractivity contribution < 1.29 is 40.6 Å². The van der Waals surface area contributed by atoms with Crippen LogP contribution in [-0.2, 0) is 22.6 Å². The molecular formula is C30H30F7N3O2. The number of aliphatic hydroxyl groups is 1. The maximum atomic E-state index is 14.0. The van der Waals surface area contributed by atoms with Crippen LogP contribution in [0.15, 0.2) is 48.7 Å². The Morgan fingerprint density at radius 1 is 0.952 bits per heavy atom. The molecule has 12 heteroatoms. The summed E-state index contributed by atoms with van der Waals surface area (Å²) in [6.07, 6.45) is -7.97. The molecule has 0 radical (unpaired) electrons. The summed E-state index contributed by atoms with van der Waals surface area (Å²) in [4.78, 5) is 21.3. The Hall–Kier alpha value is -3.67. The molecule has 1 aliphatic rings. The van der Waals surface area contributed by atoms with E-state index in [0.29, 0.717) is 54.2 Å². The van der Waals surface area contributed by atoms with Crippen molar-refractivity contribution in [2.45, 2.75) is 57.5 Å². The predicted octanol–water partition coefficient (Wildman–Crippen LogP) is 7.14. The number of piperidine rings is 1. The SMILES string of the molecule is Cc1cc(F)ccc1-c1cc(N2CCCC(O)C2)ncc1N(C)C(=O)C(C)(C)c1cc(C(F)(F)F)cc(C(F)(F)F)c1. The first-order valence-electron chi connectivity index (χ1n) is 13.2. The van der Waals surface area contributed by atoms with Gasteiger partial charge in [-0.1, -0.05) is 6.07 Å². The minimum Gasteiger partial charge on any atom is -0.391 e. The Morgan fingerprint density at radius 2 is 1.55 bits per heavy atom. The lowest BCUT2D eigenvalue weighted by Gasteiger charge is -2.34. The number of likely N-dealkylation sites (N-methyl/N-ethyl adjacent to an activating group) is 1. The number of aliphatic hydroxyl groups excluding tert-OH is 1. The number of hydrogen-bond acceptors (Lipinski definition) is 4. The normalized spacial score (nSPS) is 16.5. The first-order valence-corrected chi connectivity index (χ1v) is 13.2. The van der Waals surface area contributed by atoms with Gasteiger partial charge in [-0.2, -0.15) is 26.3 Å². The molecule has 5 nitrogen and oxygen atoms in total. The van der Waals surface area contributed by atoms with Crippen LogP contribution >= 0.6 is 0 Å². The number of pyridine rings is 1. The number of amides is 1. The molecule has 42 heavy (non-hydrogen) atoms. The van der Waals surface area contributed by atoms with Gasteiger partial charge in [0, 0.05) is 25.7 Å². The number of anilines is 2. The second kappa shape index (κ2) is 11.2. The minimum absolute atomic E-state index is 0.0172. The molecule has 3 aromatic rings. The zero-order chi connectivity index (χ0) is 31.2. The van der Waals surface area contributed by atoms with Gasteiger partial charge < -0.3 is 14.9 Å². The number of benzene rings is 2. The van der Waals surface area contributed by atoms with Crippen LogP contribution in [0.1, 0.15) is 48.9 Å². The van der Waals surface area contributed by atoms with Crippen molar-refractivity contribution in [3.8, 4) is 11.1 Å². The third-order valence-electron chi connectivity index (χ3n) is 7.58. The summed E-state index contributed by atoms with van der Waals surface area (Å²) in [5.41, 5.74) is -3.60. The monoisotopic (exact) mass is 597 g/mol. The molecule has 2 aromatic carbocycles. The fourth-order valence-corrected chi connectivity index (χ4v) is 5.15. The Kier molecular flexibility index (Phi) is 8.34. The third kappa shape index (κ3) is 6.38. The average Bonchev–Trinajstić information content (AvgIpc) is 2.90. The maximum Gasteiger partial charge on any atom is 0.416 e. The molecular weight excluding hydrogens is 567 g/mol. The van der Waals surface area contributed by atoms with E-state index in [2.05, 4.69) is 4.98 Å². The molecule has 0 aliphatic carbocycles. The number of hydrogen-bond donors (Lipinski definition) is 1. The molecule has 2 heterocycles. The Bertz CT molecular complexity index is 1450. The highest BCUT2D eigenvalue weighted by atomic mass is 19.4. The standard InChI is InChI=1S/C30H30F7N3O2/c1-17-10-21(31)7-8-23(17)24-14-26(40-9-5-6-22(41)16-40)38-15-25(24)39(4)27(42)28(2,3)18-11-19(29(32,33)34)13-20(12-18)30(35,36)37/h7-8,10-15,22,41H,5-6,9,16H2,1-4H3. The minimum atomic E-state index is -5.07. The lowest BCUT2D eigenvalue weighted by Crippen LogP contribution is -2.42. The fourth-order valence-electron chi connectivity index (χ4n) is 5.15. The highest BCUT2D eigenvalue weighted by molar-refractivity contribution is 6.03. The number of carbonyl (C=O) groups excluding carboxylic acids is 1. The van der Waals surface area contributed by atoms with E-state index in [1.165, 1.54) is 45.3 Å². The number of alkyl halides is 6. The molecule has 0 saturated carbocycles. The fraction of sp³-hybridized carbons (Fsp3) is 0.400. The quantitative estimate of drug-likeness (QED) is 0.318. The molecule has 4 rings (SSSR count). The van der Waals surface area contributed by atoms with Gasteiger partial charge >= 0.3 is 12.4 Å². The van der Waals surface area contributed by atoms with E-state index in [9.17, 15) is 40.6 Å². The summed E-state index contributed by atoms with van der Waals surface area (Å²) in [5.74, 6) is -0.787. The van der Waals surface area contributed by atoms with E-state index in [4.69, 9.17) is 0 Å². The number of aromatic nitrogens is 1. The third-order valence-corrected chi connectivity index (χ3v) is 7.58. The molecule has 1 amide bonds. The summed E-state index contributed by atoms with van der Waals surface area (Å²) in [7, 11) is 1.35. The van der Waals surface area contributed by atoms with Crippen molar-refractivity contribution in [3.63, 3.8) is 0 Å². The van der Waals surface area contributed by atoms with Gasteiger partial charge in [-0.25, -0.2) is 9.37 Å². The van der Waals surface area contributed by atoms with E-state index < -0.39 is 52.3 Å². The Labute approximate surface area is 238 Å². The molecule has 226 valence electrons. The van der Waals surface area contributed by atoms with Gasteiger partial charge in [0.25, 0.3) is 0 Å². The van der Waals surface area contributed by atoms with Crippen molar-refractivity contribution in [1.82, 2.24) is 4.98 Å². The zero-order valence-electron chi connectivity index (χ0n) is 23.4. The van der Waals surface area contributed by atoms with Crippen LogP contribution in [-0.4, -0.2) is 42.2 Å². The molecule has 1 N–H and O–H groups in total. The molecule has 0 spiro atoms. The highest BCUT2D eigenvalue weighted by Gasteiger charge is 2.41. The first kappa shape index (κ1) is 31.3. The van der Waals surface area contributed by atoms with E-state index in [1.54, 1.807) is 13.0 Å². The van der Waals surface area contributed by atoms with Crippen LogP contribution in [0, 0.1) is 12.7 Å². The largest absolute Gasteiger partial charge is 0.416 e. The second-order valence-corrected chi connectivity index (χ2v) is 11.0. The molecule has 1 atom stereocenters. The first-order chi connectivity index (χ1) is 19.4. The lowest BCUT2D eigenvalue weighted by molar-refractivity contribution is -0.143. The summed E-state index contributed by atoms with van der Waals surface area (Å²) < 4.78 is 95.3. The van der Waals surface area contributed by atoms with Gasteiger partial charge in [-0.05, 0) is 86.7 Å². The molecule has 0 bridgehead atoms. The van der Waals surface area contributed by atoms with E-state index >= 15 is 0 Å². The van der Waals surface area contributed by atoms with E-state index in [1.807, 2.05) is 4.90 Å². The number of aryl methyl sites for hydroxylation is 1. The smallest absolute Gasteiger partial charge is 0.391 e. The van der Waals surface area contributed by atoms with E-state index in [0.717, 1.165) is 11.3 Å². The van der Waals surface area contributed by atoms with E-state index in [-0.39, 0.29) is 11.8 Å². The predicted molar refractivity (Wildman–Crippen MR) is 145 cm³/mol. The lowest BCUT2D eigenvalue weighted by atomic mass is 9.81. The van der Waals surface area contributed by atoms with Crippen LogP contribution in [0.5, 0.6) is 0 Å². The maximum absolute atomic E-state index is 14.0. The van der Waals surface area contributed by atoms with Crippen LogP contribution < -0.4 is 9.80 Å².